The zero-order chi connectivity index (χ0) is 26.1. The SMILES string of the molecule is COc1ccc([C@H]2[C@@H](C(=O)Nc3ccc4c(c3)OCCO4)c3ccccc3C(=O)N2C2CCCCC2)cc1. The molecule has 38 heavy (non-hydrogen) atoms. The zero-order valence-electron chi connectivity index (χ0n) is 21.5. The Morgan fingerprint density at radius 3 is 2.42 bits per heavy atom. The molecule has 2 amide bonds. The topological polar surface area (TPSA) is 77.1 Å². The standard InChI is InChI=1S/C31H32N2O5/c1-36-23-14-11-20(12-15-23)29-28(30(34)32-21-13-16-26-27(19-21)38-18-17-37-26)24-9-5-6-10-25(24)31(35)33(29)22-7-3-2-4-8-22/h5-6,9-16,19,22,28-29H,2-4,7-8,17-18H2,1H3,(H,32,34)/t28-,29-/m0/s1. The van der Waals surface area contributed by atoms with Crippen LogP contribution in [0.3, 0.4) is 0 Å². The van der Waals surface area contributed by atoms with Gasteiger partial charge in [0.15, 0.2) is 11.5 Å². The van der Waals surface area contributed by atoms with Crippen LogP contribution in [-0.2, 0) is 4.79 Å². The number of ether oxygens (including phenoxy) is 3. The molecule has 1 saturated carbocycles. The lowest BCUT2D eigenvalue weighted by atomic mass is 9.77. The van der Waals surface area contributed by atoms with Crippen LogP contribution in [0.1, 0.15) is 65.5 Å². The Balaban J connectivity index is 1.43. The highest BCUT2D eigenvalue weighted by Crippen LogP contribution is 2.46. The Morgan fingerprint density at radius 1 is 0.921 bits per heavy atom. The molecule has 3 aromatic carbocycles. The molecule has 196 valence electrons. The van der Waals surface area contributed by atoms with E-state index in [0.717, 1.165) is 42.6 Å². The molecule has 2 heterocycles. The van der Waals surface area contributed by atoms with Gasteiger partial charge >= 0.3 is 0 Å². The lowest BCUT2D eigenvalue weighted by Gasteiger charge is -2.46. The Morgan fingerprint density at radius 2 is 1.66 bits per heavy atom. The molecule has 1 N–H and O–H groups in total. The number of hydrogen-bond acceptors (Lipinski definition) is 5. The van der Waals surface area contributed by atoms with E-state index in [4.69, 9.17) is 14.2 Å². The summed E-state index contributed by atoms with van der Waals surface area (Å²) in [7, 11) is 1.63. The molecular weight excluding hydrogens is 480 g/mol. The van der Waals surface area contributed by atoms with E-state index in [1.807, 2.05) is 65.6 Å². The quantitative estimate of drug-likeness (QED) is 0.473. The summed E-state index contributed by atoms with van der Waals surface area (Å²) < 4.78 is 16.8. The molecular formula is C31H32N2O5. The Bertz CT molecular complexity index is 1330. The number of carbonyl (C=O) groups excluding carboxylic acids is 2. The number of methoxy groups -OCH3 is 1. The molecule has 2 aliphatic heterocycles. The van der Waals surface area contributed by atoms with Crippen molar-refractivity contribution < 1.29 is 23.8 Å². The summed E-state index contributed by atoms with van der Waals surface area (Å²) in [4.78, 5) is 30.2. The van der Waals surface area contributed by atoms with Crippen LogP contribution >= 0.6 is 0 Å². The van der Waals surface area contributed by atoms with Crippen molar-refractivity contribution in [3.8, 4) is 17.2 Å². The van der Waals surface area contributed by atoms with Crippen molar-refractivity contribution in [2.45, 2.75) is 50.1 Å². The smallest absolute Gasteiger partial charge is 0.254 e. The van der Waals surface area contributed by atoms with Gasteiger partial charge in [-0.2, -0.15) is 0 Å². The summed E-state index contributed by atoms with van der Waals surface area (Å²) in [5.74, 6) is 1.26. The predicted octanol–water partition coefficient (Wildman–Crippen LogP) is 5.72. The molecule has 3 aliphatic rings. The third-order valence-corrected chi connectivity index (χ3v) is 7.89. The lowest BCUT2D eigenvalue weighted by Crippen LogP contribution is -2.51. The molecule has 7 heteroatoms. The van der Waals surface area contributed by atoms with Crippen molar-refractivity contribution in [3.63, 3.8) is 0 Å². The Hall–Kier alpha value is -4.00. The third-order valence-electron chi connectivity index (χ3n) is 7.89. The maximum Gasteiger partial charge on any atom is 0.254 e. The van der Waals surface area contributed by atoms with Gasteiger partial charge < -0.3 is 24.4 Å². The van der Waals surface area contributed by atoms with Crippen molar-refractivity contribution in [3.05, 3.63) is 83.4 Å². The van der Waals surface area contributed by atoms with Gasteiger partial charge in [0, 0.05) is 23.4 Å². The van der Waals surface area contributed by atoms with E-state index in [0.29, 0.717) is 36.0 Å². The van der Waals surface area contributed by atoms with Gasteiger partial charge in [0.1, 0.15) is 19.0 Å². The number of fused-ring (bicyclic) bond motifs is 2. The van der Waals surface area contributed by atoms with E-state index < -0.39 is 12.0 Å². The van der Waals surface area contributed by atoms with E-state index >= 15 is 0 Å². The maximum absolute atomic E-state index is 14.2. The van der Waals surface area contributed by atoms with Crippen molar-refractivity contribution in [1.82, 2.24) is 4.90 Å². The van der Waals surface area contributed by atoms with E-state index in [1.165, 1.54) is 6.42 Å². The highest BCUT2D eigenvalue weighted by Gasteiger charge is 2.46. The fourth-order valence-corrected chi connectivity index (χ4v) is 6.09. The van der Waals surface area contributed by atoms with Crippen molar-refractivity contribution >= 4 is 17.5 Å². The zero-order valence-corrected chi connectivity index (χ0v) is 21.5. The van der Waals surface area contributed by atoms with E-state index in [-0.39, 0.29) is 17.9 Å². The van der Waals surface area contributed by atoms with E-state index in [1.54, 1.807) is 13.2 Å². The lowest BCUT2D eigenvalue weighted by molar-refractivity contribution is -0.119. The molecule has 7 nitrogen and oxygen atoms in total. The molecule has 0 radical (unpaired) electrons. The van der Waals surface area contributed by atoms with E-state index in [9.17, 15) is 9.59 Å². The minimum absolute atomic E-state index is 0.00306. The minimum Gasteiger partial charge on any atom is -0.497 e. The van der Waals surface area contributed by atoms with Gasteiger partial charge in [-0.25, -0.2) is 0 Å². The van der Waals surface area contributed by atoms with E-state index in [2.05, 4.69) is 5.32 Å². The highest BCUT2D eigenvalue weighted by molar-refractivity contribution is 6.04. The molecule has 0 unspecified atom stereocenters. The molecule has 0 spiro atoms. The summed E-state index contributed by atoms with van der Waals surface area (Å²) in [6, 6.07) is 20.4. The normalized spacial score (nSPS) is 21.0. The third kappa shape index (κ3) is 4.46. The fourth-order valence-electron chi connectivity index (χ4n) is 6.09. The van der Waals surface area contributed by atoms with Gasteiger partial charge in [0.25, 0.3) is 5.91 Å². The average Bonchev–Trinajstić information content (AvgIpc) is 2.97. The first-order valence-corrected chi connectivity index (χ1v) is 13.4. The van der Waals surface area contributed by atoms with Crippen LogP contribution in [0.15, 0.2) is 66.7 Å². The Kier molecular flexibility index (Phi) is 6.66. The van der Waals surface area contributed by atoms with Gasteiger partial charge in [-0.05, 0) is 54.3 Å². The number of amides is 2. The molecule has 0 aromatic heterocycles. The van der Waals surface area contributed by atoms with Crippen LogP contribution in [0.4, 0.5) is 5.69 Å². The molecule has 1 fully saturated rings. The van der Waals surface area contributed by atoms with Gasteiger partial charge in [0.2, 0.25) is 5.91 Å². The van der Waals surface area contributed by atoms with Crippen LogP contribution in [0.2, 0.25) is 0 Å². The number of nitrogens with zero attached hydrogens (tertiary/aromatic N) is 1. The second kappa shape index (κ2) is 10.4. The van der Waals surface area contributed by atoms with Crippen LogP contribution in [-0.4, -0.2) is 43.1 Å². The van der Waals surface area contributed by atoms with Crippen LogP contribution in [0.25, 0.3) is 0 Å². The van der Waals surface area contributed by atoms with Crippen molar-refractivity contribution in [1.29, 1.82) is 0 Å². The average molecular weight is 513 g/mol. The fraction of sp³-hybridized carbons (Fsp3) is 0.355. The molecule has 6 rings (SSSR count). The number of nitrogens with one attached hydrogen (secondary N) is 1. The first kappa shape index (κ1) is 24.3. The summed E-state index contributed by atoms with van der Waals surface area (Å²) in [6.45, 7) is 0.977. The summed E-state index contributed by atoms with van der Waals surface area (Å²) in [5.41, 5.74) is 2.90. The monoisotopic (exact) mass is 512 g/mol. The maximum atomic E-state index is 14.2. The number of carbonyl (C=O) groups is 2. The van der Waals surface area contributed by atoms with Gasteiger partial charge in [0.05, 0.1) is 19.1 Å². The van der Waals surface area contributed by atoms with Gasteiger partial charge in [-0.3, -0.25) is 9.59 Å². The molecule has 1 aliphatic carbocycles. The first-order chi connectivity index (χ1) is 18.6. The van der Waals surface area contributed by atoms with Crippen LogP contribution < -0.4 is 19.5 Å². The number of anilines is 1. The molecule has 3 aromatic rings. The van der Waals surface area contributed by atoms with Gasteiger partial charge in [-0.15, -0.1) is 0 Å². The number of rotatable bonds is 5. The minimum atomic E-state index is -0.590. The highest BCUT2D eigenvalue weighted by atomic mass is 16.6. The summed E-state index contributed by atoms with van der Waals surface area (Å²) >= 11 is 0. The molecule has 2 atom stereocenters. The van der Waals surface area contributed by atoms with Gasteiger partial charge in [-0.1, -0.05) is 49.6 Å². The van der Waals surface area contributed by atoms with Crippen molar-refractivity contribution in [2.75, 3.05) is 25.6 Å². The molecule has 0 bridgehead atoms. The second-order valence-electron chi connectivity index (χ2n) is 10.1. The second-order valence-corrected chi connectivity index (χ2v) is 10.1. The summed E-state index contributed by atoms with van der Waals surface area (Å²) in [5, 5.41) is 3.13. The van der Waals surface area contributed by atoms with Crippen LogP contribution in [0.5, 0.6) is 17.2 Å². The van der Waals surface area contributed by atoms with Crippen molar-refractivity contribution in [2.24, 2.45) is 0 Å². The largest absolute Gasteiger partial charge is 0.497 e. The molecule has 0 saturated heterocycles. The predicted molar refractivity (Wildman–Crippen MR) is 144 cm³/mol. The number of hydrogen-bond donors (Lipinski definition) is 1. The van der Waals surface area contributed by atoms with Crippen LogP contribution in [0, 0.1) is 0 Å². The number of benzene rings is 3. The Labute approximate surface area is 222 Å². The first-order valence-electron chi connectivity index (χ1n) is 13.4. The summed E-state index contributed by atoms with van der Waals surface area (Å²) in [6.07, 6.45) is 5.23.